The zero-order chi connectivity index (χ0) is 12.4. The van der Waals surface area contributed by atoms with E-state index in [2.05, 4.69) is 13.5 Å². The molecule has 0 aromatic heterocycles. The fourth-order valence-corrected chi connectivity index (χ4v) is 3.06. The maximum Gasteiger partial charge on any atom is 0.334 e. The zero-order valence-electron chi connectivity index (χ0n) is 10.5. The van der Waals surface area contributed by atoms with Crippen LogP contribution in [0.4, 0.5) is 0 Å². The van der Waals surface area contributed by atoms with Crippen LogP contribution in [0.1, 0.15) is 19.8 Å². The SMILES string of the molecule is C=CC(=O)OCCC[Si](C)(OC)OCCC. The second-order valence-corrected chi connectivity index (χ2v) is 7.13. The summed E-state index contributed by atoms with van der Waals surface area (Å²) in [6.07, 6.45) is 2.91. The summed E-state index contributed by atoms with van der Waals surface area (Å²) >= 11 is 0. The first-order valence-electron chi connectivity index (χ1n) is 5.56. The van der Waals surface area contributed by atoms with Crippen molar-refractivity contribution in [2.75, 3.05) is 20.3 Å². The molecule has 0 aliphatic heterocycles. The molecule has 0 heterocycles. The number of esters is 1. The Balaban J connectivity index is 3.76. The molecule has 1 atom stereocenters. The number of hydrogen-bond acceptors (Lipinski definition) is 4. The monoisotopic (exact) mass is 246 g/mol. The largest absolute Gasteiger partial charge is 0.463 e. The van der Waals surface area contributed by atoms with Gasteiger partial charge in [-0.2, -0.15) is 0 Å². The van der Waals surface area contributed by atoms with E-state index in [1.807, 2.05) is 6.55 Å². The molecule has 0 aliphatic carbocycles. The van der Waals surface area contributed by atoms with Crippen molar-refractivity contribution in [3.63, 3.8) is 0 Å². The van der Waals surface area contributed by atoms with Gasteiger partial charge in [0.1, 0.15) is 0 Å². The fourth-order valence-electron chi connectivity index (χ4n) is 1.18. The van der Waals surface area contributed by atoms with Gasteiger partial charge in [0.25, 0.3) is 0 Å². The summed E-state index contributed by atoms with van der Waals surface area (Å²) in [6.45, 7) is 8.54. The Morgan fingerprint density at radius 1 is 1.44 bits per heavy atom. The number of ether oxygens (including phenoxy) is 1. The van der Waals surface area contributed by atoms with Crippen LogP contribution in [0, 0.1) is 0 Å². The molecule has 0 spiro atoms. The highest BCUT2D eigenvalue weighted by Crippen LogP contribution is 2.15. The Hall–Kier alpha value is -0.653. The highest BCUT2D eigenvalue weighted by molar-refractivity contribution is 6.65. The van der Waals surface area contributed by atoms with Crippen molar-refractivity contribution >= 4 is 14.5 Å². The van der Waals surface area contributed by atoms with Crippen molar-refractivity contribution in [3.05, 3.63) is 12.7 Å². The van der Waals surface area contributed by atoms with Gasteiger partial charge in [-0.1, -0.05) is 13.5 Å². The van der Waals surface area contributed by atoms with E-state index < -0.39 is 8.56 Å². The Morgan fingerprint density at radius 3 is 2.62 bits per heavy atom. The van der Waals surface area contributed by atoms with Gasteiger partial charge in [0, 0.05) is 19.8 Å². The average molecular weight is 246 g/mol. The average Bonchev–Trinajstić information content (AvgIpc) is 2.31. The van der Waals surface area contributed by atoms with Crippen molar-refractivity contribution in [1.29, 1.82) is 0 Å². The van der Waals surface area contributed by atoms with Gasteiger partial charge in [0.05, 0.1) is 6.61 Å². The first kappa shape index (κ1) is 15.3. The first-order valence-corrected chi connectivity index (χ1v) is 8.08. The summed E-state index contributed by atoms with van der Waals surface area (Å²) in [4.78, 5) is 10.8. The highest BCUT2D eigenvalue weighted by Gasteiger charge is 2.29. The first-order chi connectivity index (χ1) is 7.58. The molecule has 0 saturated heterocycles. The van der Waals surface area contributed by atoms with E-state index in [1.165, 1.54) is 6.08 Å². The van der Waals surface area contributed by atoms with E-state index >= 15 is 0 Å². The van der Waals surface area contributed by atoms with Crippen LogP contribution in [0.2, 0.25) is 12.6 Å². The molecule has 4 nitrogen and oxygen atoms in total. The molecule has 0 radical (unpaired) electrons. The molecular formula is C11H22O4Si. The summed E-state index contributed by atoms with van der Waals surface area (Å²) in [7, 11) is -0.365. The molecule has 0 N–H and O–H groups in total. The van der Waals surface area contributed by atoms with E-state index in [4.69, 9.17) is 13.6 Å². The normalized spacial score (nSPS) is 14.2. The summed E-state index contributed by atoms with van der Waals surface area (Å²) < 4.78 is 16.0. The third-order valence-electron chi connectivity index (χ3n) is 2.23. The van der Waals surface area contributed by atoms with E-state index in [0.717, 1.165) is 25.5 Å². The maximum absolute atomic E-state index is 10.8. The molecule has 0 bridgehead atoms. The fraction of sp³-hybridized carbons (Fsp3) is 0.727. The van der Waals surface area contributed by atoms with Crippen LogP contribution in [0.25, 0.3) is 0 Å². The second kappa shape index (κ2) is 8.49. The molecule has 94 valence electrons. The minimum atomic E-state index is -2.04. The van der Waals surface area contributed by atoms with Gasteiger partial charge in [0.15, 0.2) is 0 Å². The van der Waals surface area contributed by atoms with Crippen molar-refractivity contribution in [2.45, 2.75) is 32.4 Å². The standard InChI is InChI=1S/C11H22O4Si/c1-5-8-15-16(4,13-3)10-7-9-14-11(12)6-2/h6H,2,5,7-10H2,1,3-4H3. The van der Waals surface area contributed by atoms with Crippen LogP contribution in [-0.2, 0) is 18.4 Å². The molecule has 0 amide bonds. The van der Waals surface area contributed by atoms with Crippen LogP contribution < -0.4 is 0 Å². The van der Waals surface area contributed by atoms with Crippen molar-refractivity contribution < 1.29 is 18.4 Å². The van der Waals surface area contributed by atoms with Gasteiger partial charge in [-0.25, -0.2) is 4.79 Å². The lowest BCUT2D eigenvalue weighted by molar-refractivity contribution is -0.137. The predicted octanol–water partition coefficient (Wildman–Crippen LogP) is 2.25. The van der Waals surface area contributed by atoms with Crippen LogP contribution in [0.3, 0.4) is 0 Å². The van der Waals surface area contributed by atoms with Gasteiger partial charge >= 0.3 is 14.5 Å². The van der Waals surface area contributed by atoms with Gasteiger partial charge in [-0.05, 0) is 25.4 Å². The van der Waals surface area contributed by atoms with E-state index in [0.29, 0.717) is 6.61 Å². The summed E-state index contributed by atoms with van der Waals surface area (Å²) in [6, 6.07) is 0.827. The number of carbonyl (C=O) groups is 1. The molecule has 0 aliphatic rings. The Morgan fingerprint density at radius 2 is 2.12 bits per heavy atom. The second-order valence-electron chi connectivity index (χ2n) is 3.66. The lowest BCUT2D eigenvalue weighted by Crippen LogP contribution is -2.37. The molecule has 0 saturated carbocycles. The van der Waals surface area contributed by atoms with Crippen LogP contribution >= 0.6 is 0 Å². The molecule has 0 aromatic carbocycles. The summed E-state index contributed by atoms with van der Waals surface area (Å²) in [5.41, 5.74) is 0. The molecular weight excluding hydrogens is 224 g/mol. The van der Waals surface area contributed by atoms with Crippen molar-refractivity contribution in [2.24, 2.45) is 0 Å². The molecule has 16 heavy (non-hydrogen) atoms. The van der Waals surface area contributed by atoms with Gasteiger partial charge in [0.2, 0.25) is 0 Å². The minimum absolute atomic E-state index is 0.379. The van der Waals surface area contributed by atoms with Crippen LogP contribution in [-0.4, -0.2) is 34.9 Å². The lowest BCUT2D eigenvalue weighted by atomic mass is 10.5. The smallest absolute Gasteiger partial charge is 0.334 e. The van der Waals surface area contributed by atoms with Gasteiger partial charge in [-0.15, -0.1) is 0 Å². The Bertz CT molecular complexity index is 220. The highest BCUT2D eigenvalue weighted by atomic mass is 28.4. The van der Waals surface area contributed by atoms with E-state index in [1.54, 1.807) is 7.11 Å². The van der Waals surface area contributed by atoms with Crippen molar-refractivity contribution in [3.8, 4) is 0 Å². The van der Waals surface area contributed by atoms with Gasteiger partial charge < -0.3 is 13.6 Å². The topological polar surface area (TPSA) is 44.8 Å². The summed E-state index contributed by atoms with van der Waals surface area (Å²) in [5, 5.41) is 0. The molecule has 0 fully saturated rings. The minimum Gasteiger partial charge on any atom is -0.463 e. The summed E-state index contributed by atoms with van der Waals surface area (Å²) in [5.74, 6) is -0.379. The molecule has 0 aromatic rings. The number of rotatable bonds is 9. The molecule has 5 heteroatoms. The molecule has 0 rings (SSSR count). The van der Waals surface area contributed by atoms with E-state index in [-0.39, 0.29) is 5.97 Å². The number of hydrogen-bond donors (Lipinski definition) is 0. The van der Waals surface area contributed by atoms with Crippen LogP contribution in [0.15, 0.2) is 12.7 Å². The quantitative estimate of drug-likeness (QED) is 0.271. The van der Waals surface area contributed by atoms with Crippen molar-refractivity contribution in [1.82, 2.24) is 0 Å². The van der Waals surface area contributed by atoms with Gasteiger partial charge in [-0.3, -0.25) is 0 Å². The molecule has 1 unspecified atom stereocenters. The third kappa shape index (κ3) is 6.76. The Labute approximate surface area is 98.8 Å². The lowest BCUT2D eigenvalue weighted by Gasteiger charge is -2.24. The maximum atomic E-state index is 10.8. The predicted molar refractivity (Wildman–Crippen MR) is 65.5 cm³/mol. The van der Waals surface area contributed by atoms with E-state index in [9.17, 15) is 4.79 Å². The Kier molecular flexibility index (Phi) is 8.15. The number of carbonyl (C=O) groups excluding carboxylic acids is 1. The van der Waals surface area contributed by atoms with Crippen LogP contribution in [0.5, 0.6) is 0 Å². The third-order valence-corrected chi connectivity index (χ3v) is 5.17. The zero-order valence-corrected chi connectivity index (χ0v) is 11.5.